The van der Waals surface area contributed by atoms with Gasteiger partial charge in [0.1, 0.15) is 0 Å². The quantitative estimate of drug-likeness (QED) is 0.784. The lowest BCUT2D eigenvalue weighted by Crippen LogP contribution is -1.96. The summed E-state index contributed by atoms with van der Waals surface area (Å²) in [5.74, 6) is -0.884. The van der Waals surface area contributed by atoms with Crippen molar-refractivity contribution in [1.29, 1.82) is 0 Å². The Labute approximate surface area is 121 Å². The van der Waals surface area contributed by atoms with Gasteiger partial charge in [-0.15, -0.1) is 0 Å². The zero-order valence-electron chi connectivity index (χ0n) is 10.9. The Hall–Kier alpha value is -1.35. The minimum atomic E-state index is -0.884. The maximum absolute atomic E-state index is 11.0. The van der Waals surface area contributed by atoms with Crippen molar-refractivity contribution in [3.8, 4) is 0 Å². The fraction of sp³-hybridized carbons (Fsp3) is 0.312. The third kappa shape index (κ3) is 3.16. The number of carbonyl (C=O) groups is 1. The van der Waals surface area contributed by atoms with Crippen LogP contribution in [0.4, 0.5) is 0 Å². The Morgan fingerprint density at radius 2 is 2.00 bits per heavy atom. The molecule has 0 aliphatic carbocycles. The topological polar surface area (TPSA) is 37.3 Å². The number of unbranched alkanes of at least 4 members (excludes halogenated alkanes) is 2. The van der Waals surface area contributed by atoms with E-state index in [9.17, 15) is 4.79 Å². The van der Waals surface area contributed by atoms with Crippen molar-refractivity contribution < 1.29 is 9.90 Å². The fourth-order valence-electron chi connectivity index (χ4n) is 2.23. The van der Waals surface area contributed by atoms with E-state index >= 15 is 0 Å². The average molecular weight is 321 g/mol. The van der Waals surface area contributed by atoms with Crippen LogP contribution in [-0.4, -0.2) is 11.1 Å². The molecule has 0 bridgehead atoms. The highest BCUT2D eigenvalue weighted by molar-refractivity contribution is 9.10. The maximum Gasteiger partial charge on any atom is 0.335 e. The Morgan fingerprint density at radius 1 is 1.21 bits per heavy atom. The Balaban J connectivity index is 2.36. The first-order chi connectivity index (χ1) is 9.13. The summed E-state index contributed by atoms with van der Waals surface area (Å²) in [6, 6.07) is 9.36. The highest BCUT2D eigenvalue weighted by atomic mass is 79.9. The first-order valence-corrected chi connectivity index (χ1v) is 7.37. The number of benzene rings is 2. The van der Waals surface area contributed by atoms with E-state index in [1.54, 1.807) is 12.1 Å². The SMILES string of the molecule is CCCCCc1ccc2cc(C(=O)O)ccc2c1Br. The molecular formula is C16H17BrO2. The Kier molecular flexibility index (Phi) is 4.59. The molecule has 0 aromatic heterocycles. The van der Waals surface area contributed by atoms with Crippen LogP contribution in [0.5, 0.6) is 0 Å². The smallest absolute Gasteiger partial charge is 0.335 e. The van der Waals surface area contributed by atoms with E-state index in [1.165, 1.54) is 24.8 Å². The largest absolute Gasteiger partial charge is 0.478 e. The zero-order valence-corrected chi connectivity index (χ0v) is 12.5. The van der Waals surface area contributed by atoms with Crippen LogP contribution in [0.25, 0.3) is 10.8 Å². The summed E-state index contributed by atoms with van der Waals surface area (Å²) in [4.78, 5) is 11.0. The molecule has 3 heteroatoms. The van der Waals surface area contributed by atoms with Crippen molar-refractivity contribution in [2.24, 2.45) is 0 Å². The molecule has 0 unspecified atom stereocenters. The monoisotopic (exact) mass is 320 g/mol. The second-order valence-electron chi connectivity index (χ2n) is 4.74. The highest BCUT2D eigenvalue weighted by Crippen LogP contribution is 2.29. The van der Waals surface area contributed by atoms with Gasteiger partial charge in [0.15, 0.2) is 0 Å². The summed E-state index contributed by atoms with van der Waals surface area (Å²) in [5.41, 5.74) is 1.63. The second kappa shape index (κ2) is 6.20. The van der Waals surface area contributed by atoms with Gasteiger partial charge >= 0.3 is 5.97 Å². The minimum Gasteiger partial charge on any atom is -0.478 e. The molecule has 0 saturated heterocycles. The van der Waals surface area contributed by atoms with Crippen LogP contribution in [0.2, 0.25) is 0 Å². The Bertz CT molecular complexity index is 605. The lowest BCUT2D eigenvalue weighted by atomic mass is 10.0. The average Bonchev–Trinajstić information content (AvgIpc) is 2.41. The third-order valence-electron chi connectivity index (χ3n) is 3.33. The van der Waals surface area contributed by atoms with Gasteiger partial charge in [-0.3, -0.25) is 0 Å². The van der Waals surface area contributed by atoms with Crippen LogP contribution in [0.3, 0.4) is 0 Å². The predicted octanol–water partition coefficient (Wildman–Crippen LogP) is 5.03. The number of aromatic carboxylic acids is 1. The highest BCUT2D eigenvalue weighted by Gasteiger charge is 2.08. The minimum absolute atomic E-state index is 0.332. The van der Waals surface area contributed by atoms with E-state index in [2.05, 4.69) is 28.9 Å². The molecule has 0 aliphatic heterocycles. The molecule has 2 aromatic rings. The number of fused-ring (bicyclic) bond motifs is 1. The van der Waals surface area contributed by atoms with Gasteiger partial charge in [0, 0.05) is 4.47 Å². The summed E-state index contributed by atoms with van der Waals surface area (Å²) >= 11 is 3.65. The van der Waals surface area contributed by atoms with Crippen LogP contribution in [0, 0.1) is 0 Å². The molecule has 0 radical (unpaired) electrons. The first-order valence-electron chi connectivity index (χ1n) is 6.58. The maximum atomic E-state index is 11.0. The molecular weight excluding hydrogens is 304 g/mol. The van der Waals surface area contributed by atoms with E-state index < -0.39 is 5.97 Å². The summed E-state index contributed by atoms with van der Waals surface area (Å²) in [6.07, 6.45) is 4.70. The van der Waals surface area contributed by atoms with Gasteiger partial charge in [-0.1, -0.05) is 38.0 Å². The fourth-order valence-corrected chi connectivity index (χ4v) is 2.92. The standard InChI is InChI=1S/C16H17BrO2/c1-2-3-4-5-11-6-7-12-10-13(16(18)19)8-9-14(12)15(11)17/h6-10H,2-5H2,1H3,(H,18,19). The molecule has 2 nitrogen and oxygen atoms in total. The van der Waals surface area contributed by atoms with Gasteiger partial charge in [0.2, 0.25) is 0 Å². The van der Waals surface area contributed by atoms with Crippen molar-refractivity contribution in [3.63, 3.8) is 0 Å². The van der Waals surface area contributed by atoms with E-state index in [0.29, 0.717) is 5.56 Å². The molecule has 0 amide bonds. The molecule has 0 heterocycles. The van der Waals surface area contributed by atoms with Crippen molar-refractivity contribution in [2.45, 2.75) is 32.6 Å². The third-order valence-corrected chi connectivity index (χ3v) is 4.27. The number of hydrogen-bond donors (Lipinski definition) is 1. The molecule has 0 spiro atoms. The van der Waals surface area contributed by atoms with E-state index in [1.807, 2.05) is 12.1 Å². The molecule has 0 aliphatic rings. The molecule has 0 fully saturated rings. The van der Waals surface area contributed by atoms with Crippen LogP contribution < -0.4 is 0 Å². The van der Waals surface area contributed by atoms with Crippen molar-refractivity contribution in [1.82, 2.24) is 0 Å². The van der Waals surface area contributed by atoms with E-state index in [0.717, 1.165) is 21.7 Å². The van der Waals surface area contributed by atoms with Gasteiger partial charge in [-0.2, -0.15) is 0 Å². The van der Waals surface area contributed by atoms with Crippen LogP contribution in [0.15, 0.2) is 34.8 Å². The van der Waals surface area contributed by atoms with Crippen LogP contribution in [0.1, 0.15) is 42.1 Å². The van der Waals surface area contributed by atoms with Gasteiger partial charge < -0.3 is 5.11 Å². The van der Waals surface area contributed by atoms with Gasteiger partial charge in [-0.25, -0.2) is 4.79 Å². The number of hydrogen-bond acceptors (Lipinski definition) is 1. The van der Waals surface area contributed by atoms with E-state index in [-0.39, 0.29) is 0 Å². The van der Waals surface area contributed by atoms with Gasteiger partial charge in [0.25, 0.3) is 0 Å². The van der Waals surface area contributed by atoms with E-state index in [4.69, 9.17) is 5.11 Å². The normalized spacial score (nSPS) is 10.8. The summed E-state index contributed by atoms with van der Waals surface area (Å²) in [7, 11) is 0. The summed E-state index contributed by atoms with van der Waals surface area (Å²) < 4.78 is 1.10. The Morgan fingerprint density at radius 3 is 2.68 bits per heavy atom. The number of halogens is 1. The van der Waals surface area contributed by atoms with Crippen molar-refractivity contribution in [2.75, 3.05) is 0 Å². The molecule has 100 valence electrons. The number of carboxylic acid groups (broad SMARTS) is 1. The lowest BCUT2D eigenvalue weighted by molar-refractivity contribution is 0.0697. The summed E-state index contributed by atoms with van der Waals surface area (Å²) in [6.45, 7) is 2.20. The molecule has 2 rings (SSSR count). The van der Waals surface area contributed by atoms with Gasteiger partial charge in [0.05, 0.1) is 5.56 Å². The molecule has 19 heavy (non-hydrogen) atoms. The second-order valence-corrected chi connectivity index (χ2v) is 5.53. The molecule has 1 N–H and O–H groups in total. The number of aryl methyl sites for hydroxylation is 1. The molecule has 2 aromatic carbocycles. The zero-order chi connectivity index (χ0) is 13.8. The number of rotatable bonds is 5. The summed E-state index contributed by atoms with van der Waals surface area (Å²) in [5, 5.41) is 11.0. The van der Waals surface area contributed by atoms with Crippen molar-refractivity contribution >= 4 is 32.7 Å². The lowest BCUT2D eigenvalue weighted by Gasteiger charge is -2.08. The molecule has 0 atom stereocenters. The number of carboxylic acids is 1. The van der Waals surface area contributed by atoms with Crippen LogP contribution >= 0.6 is 15.9 Å². The first kappa shape index (κ1) is 14.1. The van der Waals surface area contributed by atoms with Gasteiger partial charge in [-0.05, 0) is 57.2 Å². The van der Waals surface area contributed by atoms with Crippen LogP contribution in [-0.2, 0) is 6.42 Å². The predicted molar refractivity (Wildman–Crippen MR) is 81.8 cm³/mol. The van der Waals surface area contributed by atoms with Crippen molar-refractivity contribution in [3.05, 3.63) is 45.9 Å². The molecule has 0 saturated carbocycles.